The zero-order chi connectivity index (χ0) is 25.2. The molecule has 2 aliphatic heterocycles. The van der Waals surface area contributed by atoms with Crippen molar-refractivity contribution >= 4 is 17.5 Å². The highest BCUT2D eigenvalue weighted by Crippen LogP contribution is 2.37. The maximum atomic E-state index is 13.5. The van der Waals surface area contributed by atoms with Crippen molar-refractivity contribution in [2.24, 2.45) is 5.73 Å². The molecule has 9 nitrogen and oxygen atoms in total. The zero-order valence-electron chi connectivity index (χ0n) is 19.7. The van der Waals surface area contributed by atoms with Crippen molar-refractivity contribution in [1.29, 1.82) is 0 Å². The van der Waals surface area contributed by atoms with Crippen LogP contribution in [0.4, 0.5) is 10.1 Å². The number of halogens is 1. The first-order valence-corrected chi connectivity index (χ1v) is 11.8. The molecule has 1 fully saturated rings. The van der Waals surface area contributed by atoms with Gasteiger partial charge in [-0.3, -0.25) is 14.5 Å². The number of fused-ring (bicyclic) bond motifs is 1. The second-order valence-electron chi connectivity index (χ2n) is 8.73. The van der Waals surface area contributed by atoms with E-state index >= 15 is 0 Å². The first kappa shape index (κ1) is 23.6. The number of nitrogens with one attached hydrogen (secondary N) is 1. The highest BCUT2D eigenvalue weighted by Gasteiger charge is 2.35. The summed E-state index contributed by atoms with van der Waals surface area (Å²) in [7, 11) is 0. The summed E-state index contributed by atoms with van der Waals surface area (Å²) >= 11 is 0. The van der Waals surface area contributed by atoms with Gasteiger partial charge in [0.1, 0.15) is 23.0 Å². The quantitative estimate of drug-likeness (QED) is 0.515. The Bertz CT molecular complexity index is 1300. The molecule has 5 rings (SSSR count). The van der Waals surface area contributed by atoms with E-state index in [0.717, 1.165) is 12.1 Å². The predicted molar refractivity (Wildman–Crippen MR) is 133 cm³/mol. The number of aromatic nitrogens is 2. The molecule has 2 aliphatic rings. The Morgan fingerprint density at radius 3 is 2.53 bits per heavy atom. The van der Waals surface area contributed by atoms with E-state index in [4.69, 9.17) is 15.6 Å². The van der Waals surface area contributed by atoms with E-state index in [2.05, 4.69) is 16.8 Å². The predicted octanol–water partition coefficient (Wildman–Crippen LogP) is 3.09. The van der Waals surface area contributed by atoms with Crippen LogP contribution in [-0.4, -0.2) is 64.1 Å². The van der Waals surface area contributed by atoms with Gasteiger partial charge in [0.15, 0.2) is 5.69 Å². The Morgan fingerprint density at radius 1 is 1.11 bits per heavy atom. The lowest BCUT2D eigenvalue weighted by molar-refractivity contribution is -0.128. The normalized spacial score (nSPS) is 17.7. The van der Waals surface area contributed by atoms with E-state index < -0.39 is 5.91 Å². The Labute approximate surface area is 207 Å². The van der Waals surface area contributed by atoms with Crippen LogP contribution < -0.4 is 15.8 Å². The molecule has 0 spiro atoms. The minimum absolute atomic E-state index is 0.00262. The molecule has 3 N–H and O–H groups in total. The number of carbonyl (C=O) groups is 2. The summed E-state index contributed by atoms with van der Waals surface area (Å²) in [5, 5.41) is 8.13. The largest absolute Gasteiger partial charge is 0.457 e. The third-order valence-electron chi connectivity index (χ3n) is 6.54. The minimum atomic E-state index is -0.585. The first-order chi connectivity index (χ1) is 17.4. The Morgan fingerprint density at radius 2 is 1.86 bits per heavy atom. The number of amides is 2. The van der Waals surface area contributed by atoms with E-state index in [0.29, 0.717) is 55.6 Å². The van der Waals surface area contributed by atoms with Crippen molar-refractivity contribution in [2.45, 2.75) is 12.5 Å². The molecule has 0 radical (unpaired) electrons. The Balaban J connectivity index is 1.41. The number of primary amides is 1. The van der Waals surface area contributed by atoms with Crippen LogP contribution in [-0.2, 0) is 4.79 Å². The molecule has 0 bridgehead atoms. The lowest BCUT2D eigenvalue weighted by Gasteiger charge is -2.40. The van der Waals surface area contributed by atoms with Crippen LogP contribution in [0.1, 0.15) is 28.6 Å². The van der Waals surface area contributed by atoms with Crippen molar-refractivity contribution in [3.63, 3.8) is 0 Å². The van der Waals surface area contributed by atoms with Crippen molar-refractivity contribution in [2.75, 3.05) is 38.0 Å². The van der Waals surface area contributed by atoms with Gasteiger partial charge in [-0.05, 0) is 48.9 Å². The van der Waals surface area contributed by atoms with Crippen LogP contribution in [0.15, 0.2) is 61.2 Å². The number of benzene rings is 2. The van der Waals surface area contributed by atoms with E-state index in [9.17, 15) is 14.0 Å². The van der Waals surface area contributed by atoms with Crippen LogP contribution in [0.2, 0.25) is 0 Å². The minimum Gasteiger partial charge on any atom is -0.457 e. The number of anilines is 1. The number of rotatable bonds is 6. The maximum absolute atomic E-state index is 13.5. The number of hydrogen-bond donors (Lipinski definition) is 2. The van der Waals surface area contributed by atoms with Crippen molar-refractivity contribution < 1.29 is 18.7 Å². The number of nitrogens with zero attached hydrogens (tertiary/aromatic N) is 4. The molecule has 0 aliphatic carbocycles. The number of carbonyl (C=O) groups excluding carboxylic acids is 2. The topological polar surface area (TPSA) is 106 Å². The fourth-order valence-electron chi connectivity index (χ4n) is 4.79. The molecule has 1 atom stereocenters. The van der Waals surface area contributed by atoms with Crippen LogP contribution in [0.25, 0.3) is 5.69 Å². The molecule has 2 aromatic carbocycles. The van der Waals surface area contributed by atoms with E-state index in [1.807, 2.05) is 0 Å². The lowest BCUT2D eigenvalue weighted by atomic mass is 10.0. The second-order valence-corrected chi connectivity index (χ2v) is 8.73. The van der Waals surface area contributed by atoms with E-state index in [1.54, 1.807) is 46.0 Å². The Hall–Kier alpha value is -4.18. The first-order valence-electron chi connectivity index (χ1n) is 11.8. The van der Waals surface area contributed by atoms with Gasteiger partial charge in [0.05, 0.1) is 17.4 Å². The third-order valence-corrected chi connectivity index (χ3v) is 6.54. The molecule has 3 heterocycles. The molecule has 2 amide bonds. The molecule has 10 heteroatoms. The summed E-state index contributed by atoms with van der Waals surface area (Å²) in [6.45, 7) is 6.87. The average molecular weight is 491 g/mol. The molecule has 0 saturated carbocycles. The Kier molecular flexibility index (Phi) is 6.43. The number of piperazine rings is 1. The maximum Gasteiger partial charge on any atom is 0.269 e. The fraction of sp³-hybridized carbons (Fsp3) is 0.269. The summed E-state index contributed by atoms with van der Waals surface area (Å²) in [5.41, 5.74) is 8.13. The van der Waals surface area contributed by atoms with Gasteiger partial charge in [-0.25, -0.2) is 9.07 Å². The number of ether oxygens (including phenoxy) is 1. The fourth-order valence-corrected chi connectivity index (χ4v) is 4.79. The summed E-state index contributed by atoms with van der Waals surface area (Å²) in [5.74, 6) is -0.126. The standard InChI is InChI=1S/C26H27FN6O3/c1-2-22(34)32-14-12-31(13-15-32)21-10-11-29-24-23(21)30-33(25(24)26(28)35)18-6-8-19(9-7-18)36-20-5-3-4-17(27)16-20/h2-9,16,21,29H,1,10-15H2,(H2,28,35). The van der Waals surface area contributed by atoms with E-state index in [1.165, 1.54) is 18.2 Å². The molecular weight excluding hydrogens is 463 g/mol. The van der Waals surface area contributed by atoms with E-state index in [-0.39, 0.29) is 23.5 Å². The molecule has 186 valence electrons. The van der Waals surface area contributed by atoms with Crippen molar-refractivity contribution in [3.8, 4) is 17.2 Å². The molecule has 1 saturated heterocycles. The summed E-state index contributed by atoms with van der Waals surface area (Å²) < 4.78 is 20.7. The summed E-state index contributed by atoms with van der Waals surface area (Å²) in [6, 6.07) is 12.9. The second kappa shape index (κ2) is 9.82. The SMILES string of the molecule is C=CC(=O)N1CCN(C2CCNc3c2nn(-c2ccc(Oc4cccc(F)c4)cc2)c3C(N)=O)CC1. The molecular formula is C26H27FN6O3. The number of hydrogen-bond acceptors (Lipinski definition) is 6. The van der Waals surface area contributed by atoms with Crippen LogP contribution in [0.3, 0.4) is 0 Å². The van der Waals surface area contributed by atoms with Gasteiger partial charge in [0.25, 0.3) is 5.91 Å². The molecule has 36 heavy (non-hydrogen) atoms. The van der Waals surface area contributed by atoms with Gasteiger partial charge in [-0.2, -0.15) is 5.10 Å². The highest BCUT2D eigenvalue weighted by atomic mass is 19.1. The monoisotopic (exact) mass is 490 g/mol. The van der Waals surface area contributed by atoms with Crippen molar-refractivity contribution in [1.82, 2.24) is 19.6 Å². The zero-order valence-corrected chi connectivity index (χ0v) is 19.7. The van der Waals surface area contributed by atoms with Gasteiger partial charge in [-0.15, -0.1) is 0 Å². The smallest absolute Gasteiger partial charge is 0.269 e. The molecule has 1 unspecified atom stereocenters. The van der Waals surface area contributed by atoms with Crippen LogP contribution >= 0.6 is 0 Å². The summed E-state index contributed by atoms with van der Waals surface area (Å²) in [4.78, 5) is 28.5. The highest BCUT2D eigenvalue weighted by molar-refractivity contribution is 5.98. The van der Waals surface area contributed by atoms with Crippen LogP contribution in [0, 0.1) is 5.82 Å². The molecule has 1 aromatic heterocycles. The third kappa shape index (κ3) is 4.55. The lowest BCUT2D eigenvalue weighted by Crippen LogP contribution is -2.50. The summed E-state index contributed by atoms with van der Waals surface area (Å²) in [6.07, 6.45) is 2.16. The number of nitrogens with two attached hydrogens (primary N) is 1. The van der Waals surface area contributed by atoms with Gasteiger partial charge in [0.2, 0.25) is 5.91 Å². The average Bonchev–Trinajstić information content (AvgIpc) is 3.29. The van der Waals surface area contributed by atoms with Crippen molar-refractivity contribution in [3.05, 3.63) is 78.4 Å². The van der Waals surface area contributed by atoms with Crippen LogP contribution in [0.5, 0.6) is 11.5 Å². The molecule has 3 aromatic rings. The van der Waals surface area contributed by atoms with Gasteiger partial charge in [-0.1, -0.05) is 12.6 Å². The van der Waals surface area contributed by atoms with Gasteiger partial charge in [0, 0.05) is 38.8 Å². The van der Waals surface area contributed by atoms with Gasteiger partial charge < -0.3 is 20.7 Å². The van der Waals surface area contributed by atoms with Gasteiger partial charge >= 0.3 is 0 Å².